The fourth-order valence-electron chi connectivity index (χ4n) is 3.34. The maximum absolute atomic E-state index is 12.6. The molecular weight excluding hydrogens is 292 g/mol. The first-order valence-corrected chi connectivity index (χ1v) is 8.51. The monoisotopic (exact) mass is 318 g/mol. The van der Waals surface area contributed by atoms with E-state index in [1.807, 2.05) is 29.2 Å². The molecule has 2 atom stereocenters. The third kappa shape index (κ3) is 3.96. The highest BCUT2D eigenvalue weighted by Gasteiger charge is 2.35. The number of aliphatic hydroxyl groups excluding tert-OH is 1. The van der Waals surface area contributed by atoms with Gasteiger partial charge in [-0.05, 0) is 55.2 Å². The number of rotatable bonds is 5. The van der Waals surface area contributed by atoms with Crippen molar-refractivity contribution in [3.8, 4) is 5.75 Å². The molecule has 1 saturated heterocycles. The molecule has 2 fully saturated rings. The predicted octanol–water partition coefficient (Wildman–Crippen LogP) is 2.56. The molecule has 2 aliphatic rings. The van der Waals surface area contributed by atoms with Gasteiger partial charge in [0.05, 0.1) is 13.2 Å². The largest absolute Gasteiger partial charge is 0.497 e. The van der Waals surface area contributed by atoms with E-state index in [0.29, 0.717) is 12.5 Å². The van der Waals surface area contributed by atoms with Crippen LogP contribution in [0, 0.1) is 11.8 Å². The van der Waals surface area contributed by atoms with Gasteiger partial charge >= 0.3 is 6.03 Å². The van der Waals surface area contributed by atoms with Gasteiger partial charge in [0.15, 0.2) is 0 Å². The molecular formula is C18H26N2O3. The lowest BCUT2D eigenvalue weighted by molar-refractivity contribution is 0.127. The minimum absolute atomic E-state index is 0.00383. The highest BCUT2D eigenvalue weighted by atomic mass is 16.5. The summed E-state index contributed by atoms with van der Waals surface area (Å²) in [7, 11) is 1.66. The Morgan fingerprint density at radius 1 is 1.35 bits per heavy atom. The van der Waals surface area contributed by atoms with Crippen molar-refractivity contribution in [1.29, 1.82) is 0 Å². The number of urea groups is 1. The minimum atomic E-state index is -0.00383. The van der Waals surface area contributed by atoms with Crippen molar-refractivity contribution in [3.63, 3.8) is 0 Å². The fraction of sp³-hybridized carbons (Fsp3) is 0.611. The van der Waals surface area contributed by atoms with Gasteiger partial charge in [-0.1, -0.05) is 12.1 Å². The van der Waals surface area contributed by atoms with Gasteiger partial charge in [-0.15, -0.1) is 0 Å². The van der Waals surface area contributed by atoms with E-state index < -0.39 is 0 Å². The van der Waals surface area contributed by atoms with Gasteiger partial charge in [0, 0.05) is 19.7 Å². The van der Waals surface area contributed by atoms with Crippen molar-refractivity contribution >= 4 is 6.03 Å². The average molecular weight is 318 g/mol. The first kappa shape index (κ1) is 16.1. The van der Waals surface area contributed by atoms with Crippen molar-refractivity contribution in [3.05, 3.63) is 29.8 Å². The summed E-state index contributed by atoms with van der Waals surface area (Å²) in [5.41, 5.74) is 1.14. The Labute approximate surface area is 137 Å². The zero-order valence-corrected chi connectivity index (χ0v) is 13.7. The van der Waals surface area contributed by atoms with Crippen LogP contribution in [0.1, 0.15) is 37.3 Å². The number of nitrogens with one attached hydrogen (secondary N) is 1. The molecule has 2 unspecified atom stereocenters. The molecule has 126 valence electrons. The summed E-state index contributed by atoms with van der Waals surface area (Å²) in [4.78, 5) is 14.5. The highest BCUT2D eigenvalue weighted by molar-refractivity contribution is 5.75. The van der Waals surface area contributed by atoms with Crippen molar-refractivity contribution in [2.75, 3.05) is 26.8 Å². The maximum Gasteiger partial charge on any atom is 0.317 e. The smallest absolute Gasteiger partial charge is 0.317 e. The molecule has 3 rings (SSSR count). The van der Waals surface area contributed by atoms with E-state index in [1.54, 1.807) is 7.11 Å². The fourth-order valence-corrected chi connectivity index (χ4v) is 3.34. The van der Waals surface area contributed by atoms with E-state index in [-0.39, 0.29) is 24.6 Å². The molecule has 23 heavy (non-hydrogen) atoms. The number of hydrogen-bond donors (Lipinski definition) is 2. The minimum Gasteiger partial charge on any atom is -0.497 e. The summed E-state index contributed by atoms with van der Waals surface area (Å²) in [6.45, 7) is 1.60. The van der Waals surface area contributed by atoms with Crippen LogP contribution in [0.2, 0.25) is 0 Å². The number of carbonyl (C=O) groups is 1. The molecule has 2 N–H and O–H groups in total. The number of ether oxygens (including phenoxy) is 1. The number of amides is 2. The Balaban J connectivity index is 1.65. The molecule has 0 bridgehead atoms. The van der Waals surface area contributed by atoms with Crippen LogP contribution in [0.15, 0.2) is 24.3 Å². The molecule has 5 nitrogen and oxygen atoms in total. The van der Waals surface area contributed by atoms with Crippen LogP contribution in [-0.4, -0.2) is 42.8 Å². The Morgan fingerprint density at radius 3 is 2.70 bits per heavy atom. The highest BCUT2D eigenvalue weighted by Crippen LogP contribution is 2.41. The summed E-state index contributed by atoms with van der Waals surface area (Å²) >= 11 is 0. The average Bonchev–Trinajstić information content (AvgIpc) is 3.44. The summed E-state index contributed by atoms with van der Waals surface area (Å²) in [5, 5.41) is 12.5. The first-order chi connectivity index (χ1) is 11.2. The number of likely N-dealkylation sites (tertiary alicyclic amines) is 1. The number of piperidine rings is 1. The van der Waals surface area contributed by atoms with Crippen molar-refractivity contribution in [2.24, 2.45) is 11.8 Å². The van der Waals surface area contributed by atoms with Crippen LogP contribution < -0.4 is 10.1 Å². The first-order valence-electron chi connectivity index (χ1n) is 8.51. The summed E-state index contributed by atoms with van der Waals surface area (Å²) in [6.07, 6.45) is 4.30. The molecule has 1 aromatic rings. The number of hydrogen-bond acceptors (Lipinski definition) is 3. The summed E-state index contributed by atoms with van der Waals surface area (Å²) in [5.74, 6) is 1.58. The number of carbonyl (C=O) groups excluding carboxylic acids is 1. The molecule has 1 saturated carbocycles. The van der Waals surface area contributed by atoms with Gasteiger partial charge in [0.1, 0.15) is 5.75 Å². The van der Waals surface area contributed by atoms with Gasteiger partial charge in [0.25, 0.3) is 0 Å². The Kier molecular flexibility index (Phi) is 5.06. The second-order valence-corrected chi connectivity index (χ2v) is 6.67. The molecule has 1 aromatic carbocycles. The van der Waals surface area contributed by atoms with Gasteiger partial charge in [-0.3, -0.25) is 0 Å². The number of nitrogens with zero attached hydrogens (tertiary/aromatic N) is 1. The predicted molar refractivity (Wildman–Crippen MR) is 88.4 cm³/mol. The van der Waals surface area contributed by atoms with Gasteiger partial charge in [0.2, 0.25) is 0 Å². The Hall–Kier alpha value is -1.75. The van der Waals surface area contributed by atoms with E-state index in [9.17, 15) is 9.90 Å². The molecule has 1 heterocycles. The van der Waals surface area contributed by atoms with E-state index in [0.717, 1.165) is 43.5 Å². The van der Waals surface area contributed by atoms with Crippen LogP contribution in [-0.2, 0) is 0 Å². The van der Waals surface area contributed by atoms with Crippen LogP contribution in [0.3, 0.4) is 0 Å². The second-order valence-electron chi connectivity index (χ2n) is 6.67. The van der Waals surface area contributed by atoms with Gasteiger partial charge in [-0.25, -0.2) is 4.79 Å². The third-order valence-electron chi connectivity index (χ3n) is 4.91. The van der Waals surface area contributed by atoms with E-state index >= 15 is 0 Å². The molecule has 0 aromatic heterocycles. The van der Waals surface area contributed by atoms with Crippen molar-refractivity contribution in [1.82, 2.24) is 10.2 Å². The summed E-state index contributed by atoms with van der Waals surface area (Å²) < 4.78 is 5.21. The van der Waals surface area contributed by atoms with Crippen LogP contribution in [0.25, 0.3) is 0 Å². The standard InChI is InChI=1S/C18H26N2O3/c1-23-16-8-6-15(7-9-16)17(14-4-5-14)19-18(22)20-10-2-3-13(11-20)12-21/h6-9,13-14,17,21H,2-5,10-12H2,1H3,(H,19,22). The third-order valence-corrected chi connectivity index (χ3v) is 4.91. The molecule has 2 amide bonds. The molecule has 0 radical (unpaired) electrons. The van der Waals surface area contributed by atoms with E-state index in [2.05, 4.69) is 5.32 Å². The second kappa shape index (κ2) is 7.21. The number of methoxy groups -OCH3 is 1. The SMILES string of the molecule is COc1ccc(C(NC(=O)N2CCCC(CO)C2)C2CC2)cc1. The Bertz CT molecular complexity index is 528. The lowest BCUT2D eigenvalue weighted by atomic mass is 9.99. The maximum atomic E-state index is 12.6. The molecule has 1 aliphatic heterocycles. The number of benzene rings is 1. The number of aliphatic hydroxyl groups is 1. The molecule has 1 aliphatic carbocycles. The quantitative estimate of drug-likeness (QED) is 0.877. The van der Waals surface area contributed by atoms with E-state index in [1.165, 1.54) is 0 Å². The van der Waals surface area contributed by atoms with Gasteiger partial charge in [-0.2, -0.15) is 0 Å². The van der Waals surface area contributed by atoms with Crippen LogP contribution in [0.4, 0.5) is 4.79 Å². The zero-order chi connectivity index (χ0) is 16.2. The van der Waals surface area contributed by atoms with Crippen molar-refractivity contribution < 1.29 is 14.6 Å². The Morgan fingerprint density at radius 2 is 2.09 bits per heavy atom. The normalized spacial score (nSPS) is 22.5. The molecule has 0 spiro atoms. The lowest BCUT2D eigenvalue weighted by Gasteiger charge is -2.33. The van der Waals surface area contributed by atoms with Crippen molar-refractivity contribution in [2.45, 2.75) is 31.7 Å². The van der Waals surface area contributed by atoms with Gasteiger partial charge < -0.3 is 20.1 Å². The lowest BCUT2D eigenvalue weighted by Crippen LogP contribution is -2.47. The summed E-state index contributed by atoms with van der Waals surface area (Å²) in [6, 6.07) is 8.03. The van der Waals surface area contributed by atoms with Crippen LogP contribution >= 0.6 is 0 Å². The van der Waals surface area contributed by atoms with E-state index in [4.69, 9.17) is 4.74 Å². The molecule has 5 heteroatoms. The van der Waals surface area contributed by atoms with Crippen LogP contribution in [0.5, 0.6) is 5.75 Å². The zero-order valence-electron chi connectivity index (χ0n) is 13.7. The topological polar surface area (TPSA) is 61.8 Å².